The molecule has 2 aromatic carbocycles. The molecule has 3 rings (SSSR count). The minimum Gasteiger partial charge on any atom is -0.338 e. The third-order valence-corrected chi connectivity index (χ3v) is 3.90. The SMILES string of the molecule is C[C@@H](NCc1nc(Cc2ccccc2)no1)c1ccc(Cl)cc1. The van der Waals surface area contributed by atoms with Gasteiger partial charge in [-0.1, -0.05) is 59.2 Å². The summed E-state index contributed by atoms with van der Waals surface area (Å²) in [6, 6.07) is 18.1. The van der Waals surface area contributed by atoms with Gasteiger partial charge in [0.1, 0.15) is 0 Å². The molecule has 5 heteroatoms. The van der Waals surface area contributed by atoms with Crippen LogP contribution in [0.3, 0.4) is 0 Å². The summed E-state index contributed by atoms with van der Waals surface area (Å²) in [6.45, 7) is 2.62. The molecule has 23 heavy (non-hydrogen) atoms. The Morgan fingerprint density at radius 1 is 1.09 bits per heavy atom. The first-order valence-corrected chi connectivity index (χ1v) is 7.93. The summed E-state index contributed by atoms with van der Waals surface area (Å²) in [5, 5.41) is 8.14. The third-order valence-electron chi connectivity index (χ3n) is 3.64. The first kappa shape index (κ1) is 15.7. The Kier molecular flexibility index (Phi) is 5.05. The molecule has 0 spiro atoms. The number of nitrogens with one attached hydrogen (secondary N) is 1. The first-order valence-electron chi connectivity index (χ1n) is 7.55. The normalized spacial score (nSPS) is 12.3. The molecule has 0 fully saturated rings. The van der Waals surface area contributed by atoms with E-state index in [2.05, 4.69) is 34.5 Å². The van der Waals surface area contributed by atoms with E-state index in [0.717, 1.165) is 5.02 Å². The number of hydrogen-bond acceptors (Lipinski definition) is 4. The molecule has 0 aliphatic heterocycles. The number of benzene rings is 2. The summed E-state index contributed by atoms with van der Waals surface area (Å²) in [5.74, 6) is 1.30. The minimum absolute atomic E-state index is 0.178. The molecule has 0 radical (unpaired) electrons. The molecule has 1 aromatic heterocycles. The Bertz CT molecular complexity index is 740. The Labute approximate surface area is 140 Å². The molecule has 3 aromatic rings. The highest BCUT2D eigenvalue weighted by Gasteiger charge is 2.10. The highest BCUT2D eigenvalue weighted by atomic mass is 35.5. The number of halogens is 1. The van der Waals surface area contributed by atoms with Gasteiger partial charge in [-0.25, -0.2) is 0 Å². The minimum atomic E-state index is 0.178. The Morgan fingerprint density at radius 3 is 2.57 bits per heavy atom. The molecular formula is C18H18ClN3O. The van der Waals surface area contributed by atoms with Crippen molar-refractivity contribution in [2.24, 2.45) is 0 Å². The van der Waals surface area contributed by atoms with Gasteiger partial charge in [0.25, 0.3) is 0 Å². The molecular weight excluding hydrogens is 310 g/mol. The van der Waals surface area contributed by atoms with Crippen LogP contribution in [0.25, 0.3) is 0 Å². The highest BCUT2D eigenvalue weighted by molar-refractivity contribution is 6.30. The predicted octanol–water partition coefficient (Wildman–Crippen LogP) is 4.16. The van der Waals surface area contributed by atoms with E-state index in [4.69, 9.17) is 16.1 Å². The predicted molar refractivity (Wildman–Crippen MR) is 90.3 cm³/mol. The van der Waals surface area contributed by atoms with Crippen molar-refractivity contribution in [1.29, 1.82) is 0 Å². The quantitative estimate of drug-likeness (QED) is 0.738. The fourth-order valence-electron chi connectivity index (χ4n) is 2.32. The summed E-state index contributed by atoms with van der Waals surface area (Å²) >= 11 is 5.90. The van der Waals surface area contributed by atoms with Crippen molar-refractivity contribution in [1.82, 2.24) is 15.5 Å². The van der Waals surface area contributed by atoms with Crippen LogP contribution in [0.2, 0.25) is 5.02 Å². The molecule has 0 aliphatic carbocycles. The van der Waals surface area contributed by atoms with E-state index in [9.17, 15) is 0 Å². The van der Waals surface area contributed by atoms with Gasteiger partial charge in [0.15, 0.2) is 5.82 Å². The molecule has 0 aliphatic rings. The van der Waals surface area contributed by atoms with E-state index in [-0.39, 0.29) is 6.04 Å². The average Bonchev–Trinajstić information content (AvgIpc) is 3.02. The van der Waals surface area contributed by atoms with Crippen molar-refractivity contribution in [3.63, 3.8) is 0 Å². The molecule has 1 N–H and O–H groups in total. The Balaban J connectivity index is 1.55. The third kappa shape index (κ3) is 4.41. The highest BCUT2D eigenvalue weighted by Crippen LogP contribution is 2.16. The van der Waals surface area contributed by atoms with Crippen LogP contribution in [-0.4, -0.2) is 10.1 Å². The summed E-state index contributed by atoms with van der Waals surface area (Å²) in [7, 11) is 0. The van der Waals surface area contributed by atoms with Crippen LogP contribution in [0.1, 0.15) is 35.8 Å². The van der Waals surface area contributed by atoms with Crippen LogP contribution < -0.4 is 5.32 Å². The van der Waals surface area contributed by atoms with Gasteiger partial charge in [0.2, 0.25) is 5.89 Å². The maximum atomic E-state index is 5.90. The van der Waals surface area contributed by atoms with Crippen LogP contribution in [0.4, 0.5) is 0 Å². The largest absolute Gasteiger partial charge is 0.338 e. The molecule has 4 nitrogen and oxygen atoms in total. The Hall–Kier alpha value is -2.17. The number of nitrogens with zero attached hydrogens (tertiary/aromatic N) is 2. The second-order valence-electron chi connectivity index (χ2n) is 5.42. The van der Waals surface area contributed by atoms with Crippen LogP contribution in [0, 0.1) is 0 Å². The maximum absolute atomic E-state index is 5.90. The zero-order valence-electron chi connectivity index (χ0n) is 12.9. The fourth-order valence-corrected chi connectivity index (χ4v) is 2.45. The van der Waals surface area contributed by atoms with Gasteiger partial charge in [-0.05, 0) is 30.2 Å². The lowest BCUT2D eigenvalue weighted by atomic mass is 10.1. The van der Waals surface area contributed by atoms with Crippen LogP contribution in [0.15, 0.2) is 59.1 Å². The smallest absolute Gasteiger partial charge is 0.240 e. The zero-order valence-corrected chi connectivity index (χ0v) is 13.6. The lowest BCUT2D eigenvalue weighted by Gasteiger charge is -2.12. The van der Waals surface area contributed by atoms with Gasteiger partial charge in [-0.15, -0.1) is 0 Å². The standard InChI is InChI=1S/C18H18ClN3O/c1-13(15-7-9-16(19)10-8-15)20-12-18-21-17(22-23-18)11-14-5-3-2-4-6-14/h2-10,13,20H,11-12H2,1H3/t13-/m1/s1. The van der Waals surface area contributed by atoms with Crippen LogP contribution >= 0.6 is 11.6 Å². The van der Waals surface area contributed by atoms with Crippen molar-refractivity contribution >= 4 is 11.6 Å². The molecule has 1 heterocycles. The summed E-state index contributed by atoms with van der Waals surface area (Å²) < 4.78 is 5.30. The second-order valence-corrected chi connectivity index (χ2v) is 5.86. The van der Waals surface area contributed by atoms with Gasteiger partial charge in [0.05, 0.1) is 6.54 Å². The zero-order chi connectivity index (χ0) is 16.1. The van der Waals surface area contributed by atoms with Crippen molar-refractivity contribution in [3.8, 4) is 0 Å². The van der Waals surface area contributed by atoms with Crippen LogP contribution in [0.5, 0.6) is 0 Å². The molecule has 1 atom stereocenters. The van der Waals surface area contributed by atoms with E-state index in [1.165, 1.54) is 11.1 Å². The van der Waals surface area contributed by atoms with Gasteiger partial charge in [-0.2, -0.15) is 4.98 Å². The van der Waals surface area contributed by atoms with Crippen molar-refractivity contribution in [2.45, 2.75) is 25.9 Å². The van der Waals surface area contributed by atoms with E-state index >= 15 is 0 Å². The van der Waals surface area contributed by atoms with Gasteiger partial charge in [0, 0.05) is 17.5 Å². The van der Waals surface area contributed by atoms with E-state index < -0.39 is 0 Å². The second kappa shape index (κ2) is 7.40. The van der Waals surface area contributed by atoms with Crippen molar-refractivity contribution in [3.05, 3.63) is 82.5 Å². The number of hydrogen-bond donors (Lipinski definition) is 1. The lowest BCUT2D eigenvalue weighted by molar-refractivity contribution is 0.357. The van der Waals surface area contributed by atoms with Gasteiger partial charge < -0.3 is 9.84 Å². The monoisotopic (exact) mass is 327 g/mol. The summed E-state index contributed by atoms with van der Waals surface area (Å²) in [5.41, 5.74) is 2.33. The molecule has 118 valence electrons. The Morgan fingerprint density at radius 2 is 1.83 bits per heavy atom. The van der Waals surface area contributed by atoms with Crippen LogP contribution in [-0.2, 0) is 13.0 Å². The summed E-state index contributed by atoms with van der Waals surface area (Å²) in [6.07, 6.45) is 0.678. The molecule has 0 unspecified atom stereocenters. The molecule has 0 bridgehead atoms. The van der Waals surface area contributed by atoms with E-state index in [1.807, 2.05) is 42.5 Å². The van der Waals surface area contributed by atoms with E-state index in [1.54, 1.807) is 0 Å². The first-order chi connectivity index (χ1) is 11.2. The van der Waals surface area contributed by atoms with E-state index in [0.29, 0.717) is 24.7 Å². The number of aromatic nitrogens is 2. The molecule has 0 amide bonds. The molecule has 0 saturated heterocycles. The fraction of sp³-hybridized carbons (Fsp3) is 0.222. The van der Waals surface area contributed by atoms with Gasteiger partial charge in [-0.3, -0.25) is 0 Å². The van der Waals surface area contributed by atoms with Gasteiger partial charge >= 0.3 is 0 Å². The maximum Gasteiger partial charge on any atom is 0.240 e. The van der Waals surface area contributed by atoms with Crippen molar-refractivity contribution < 1.29 is 4.52 Å². The lowest BCUT2D eigenvalue weighted by Crippen LogP contribution is -2.18. The average molecular weight is 328 g/mol. The van der Waals surface area contributed by atoms with Crippen molar-refractivity contribution in [2.75, 3.05) is 0 Å². The summed E-state index contributed by atoms with van der Waals surface area (Å²) in [4.78, 5) is 4.42. The molecule has 0 saturated carbocycles. The topological polar surface area (TPSA) is 51.0 Å². The number of rotatable bonds is 6.